The van der Waals surface area contributed by atoms with Gasteiger partial charge in [-0.05, 0) is 40.8 Å². The van der Waals surface area contributed by atoms with Crippen molar-refractivity contribution in [3.63, 3.8) is 0 Å². The van der Waals surface area contributed by atoms with E-state index in [0.717, 1.165) is 25.0 Å². The third-order valence-corrected chi connectivity index (χ3v) is 6.29. The summed E-state index contributed by atoms with van der Waals surface area (Å²) in [6, 6.07) is 28.7. The number of ether oxygens (including phenoxy) is 2. The van der Waals surface area contributed by atoms with Gasteiger partial charge in [-0.25, -0.2) is 0 Å². The lowest BCUT2D eigenvalue weighted by molar-refractivity contribution is -0.122. The van der Waals surface area contributed by atoms with E-state index in [2.05, 4.69) is 66.9 Å². The minimum absolute atomic E-state index is 0.101. The average Bonchev–Trinajstić information content (AvgIpc) is 2.96. The molecule has 0 fully saturated rings. The van der Waals surface area contributed by atoms with E-state index < -0.39 is 5.60 Å². The van der Waals surface area contributed by atoms with Crippen molar-refractivity contribution < 1.29 is 14.3 Å². The van der Waals surface area contributed by atoms with E-state index in [1.54, 1.807) is 14.2 Å². The molecule has 1 N–H and O–H groups in total. The summed E-state index contributed by atoms with van der Waals surface area (Å²) in [5.41, 5.74) is 4.42. The van der Waals surface area contributed by atoms with Crippen LogP contribution in [0.2, 0.25) is 0 Å². The fourth-order valence-electron chi connectivity index (χ4n) is 3.95. The van der Waals surface area contributed by atoms with Crippen LogP contribution in [-0.4, -0.2) is 32.3 Å². The summed E-state index contributed by atoms with van der Waals surface area (Å²) in [5, 5.41) is 2.99. The summed E-state index contributed by atoms with van der Waals surface area (Å²) in [5.74, 6) is 0.995. The molecular weight excluding hydrogens is 446 g/mol. The van der Waals surface area contributed by atoms with E-state index in [4.69, 9.17) is 9.47 Å². The molecule has 188 valence electrons. The lowest BCUT2D eigenvalue weighted by atomic mass is 9.89. The van der Waals surface area contributed by atoms with Gasteiger partial charge < -0.3 is 14.8 Å². The summed E-state index contributed by atoms with van der Waals surface area (Å²) in [4.78, 5) is 11.8. The number of rotatable bonds is 9. The van der Waals surface area contributed by atoms with Crippen LogP contribution in [0.15, 0.2) is 103 Å². The highest BCUT2D eigenvalue weighted by molar-refractivity contribution is 5.77. The normalized spacial score (nSPS) is 16.4. The van der Waals surface area contributed by atoms with Gasteiger partial charge in [-0.2, -0.15) is 0 Å². The van der Waals surface area contributed by atoms with Gasteiger partial charge in [0.15, 0.2) is 0 Å². The van der Waals surface area contributed by atoms with Crippen LogP contribution in [0.25, 0.3) is 16.7 Å². The first kappa shape index (κ1) is 27.0. The Morgan fingerprint density at radius 2 is 1.47 bits per heavy atom. The molecule has 0 aromatic heterocycles. The van der Waals surface area contributed by atoms with Gasteiger partial charge in [-0.15, -0.1) is 0 Å². The van der Waals surface area contributed by atoms with Crippen LogP contribution >= 0.6 is 0 Å². The number of amides is 1. The summed E-state index contributed by atoms with van der Waals surface area (Å²) >= 11 is 0. The van der Waals surface area contributed by atoms with Gasteiger partial charge >= 0.3 is 0 Å². The molecule has 1 unspecified atom stereocenters. The minimum atomic E-state index is -0.430. The SMILES string of the molecule is CCCCC(=O)NCC1(OC)C=CC(c2ccccc2)=CC1.COc1ccc(-c2ccccc2)cc1. The lowest BCUT2D eigenvalue weighted by Gasteiger charge is -2.31. The molecular formula is C32H37NO3. The van der Waals surface area contributed by atoms with Crippen LogP contribution in [0.5, 0.6) is 5.75 Å². The van der Waals surface area contributed by atoms with Gasteiger partial charge in [0.1, 0.15) is 11.4 Å². The second-order valence-electron chi connectivity index (χ2n) is 8.81. The first-order valence-electron chi connectivity index (χ1n) is 12.6. The molecule has 1 aliphatic rings. The van der Waals surface area contributed by atoms with Crippen LogP contribution < -0.4 is 10.1 Å². The standard InChI is InChI=1S/C19H25NO2.C13H12O/c1-3-4-10-18(21)20-15-19(22-2)13-11-17(12-14-19)16-8-6-5-7-9-16;1-14-13-9-7-12(8-10-13)11-5-3-2-4-6-11/h5-9,11-13H,3-4,10,14-15H2,1-2H3,(H,20,21);2-10H,1H3. The van der Waals surface area contributed by atoms with Crippen molar-refractivity contribution in [1.29, 1.82) is 0 Å². The number of unbranched alkanes of at least 4 members (excludes halogenated alkanes) is 1. The predicted molar refractivity (Wildman–Crippen MR) is 149 cm³/mol. The molecule has 3 aromatic carbocycles. The molecule has 4 rings (SSSR count). The van der Waals surface area contributed by atoms with E-state index in [-0.39, 0.29) is 5.91 Å². The van der Waals surface area contributed by atoms with Crippen LogP contribution in [0.1, 0.15) is 38.2 Å². The minimum Gasteiger partial charge on any atom is -0.497 e. The molecule has 36 heavy (non-hydrogen) atoms. The maximum atomic E-state index is 11.8. The first-order chi connectivity index (χ1) is 17.6. The monoisotopic (exact) mass is 483 g/mol. The largest absolute Gasteiger partial charge is 0.497 e. The van der Waals surface area contributed by atoms with Crippen molar-refractivity contribution in [2.45, 2.75) is 38.2 Å². The molecule has 1 aliphatic carbocycles. The number of hydrogen-bond acceptors (Lipinski definition) is 3. The highest BCUT2D eigenvalue weighted by Crippen LogP contribution is 2.28. The smallest absolute Gasteiger partial charge is 0.220 e. The second-order valence-corrected chi connectivity index (χ2v) is 8.81. The van der Waals surface area contributed by atoms with E-state index in [1.807, 2.05) is 48.5 Å². The molecule has 1 amide bonds. The summed E-state index contributed by atoms with van der Waals surface area (Å²) in [7, 11) is 3.38. The zero-order valence-electron chi connectivity index (χ0n) is 21.6. The fraction of sp³-hybridized carbons (Fsp3) is 0.281. The molecule has 0 bridgehead atoms. The Hall–Kier alpha value is -3.63. The van der Waals surface area contributed by atoms with Crippen molar-refractivity contribution in [2.75, 3.05) is 20.8 Å². The van der Waals surface area contributed by atoms with E-state index in [9.17, 15) is 4.79 Å². The second kappa shape index (κ2) is 14.1. The molecule has 0 saturated carbocycles. The molecule has 3 aromatic rings. The Bertz CT molecular complexity index is 1120. The quantitative estimate of drug-likeness (QED) is 0.354. The molecule has 0 saturated heterocycles. The molecule has 4 nitrogen and oxygen atoms in total. The Kier molecular flexibility index (Phi) is 10.5. The Labute approximate surface area is 215 Å². The van der Waals surface area contributed by atoms with Crippen molar-refractivity contribution in [1.82, 2.24) is 5.32 Å². The number of benzene rings is 3. The summed E-state index contributed by atoms with van der Waals surface area (Å²) < 4.78 is 10.8. The zero-order chi connectivity index (χ0) is 25.6. The van der Waals surface area contributed by atoms with Crippen LogP contribution in [0.4, 0.5) is 0 Å². The number of carbonyl (C=O) groups is 1. The number of hydrogen-bond donors (Lipinski definition) is 1. The predicted octanol–water partition coefficient (Wildman–Crippen LogP) is 7.08. The van der Waals surface area contributed by atoms with Crippen molar-refractivity contribution >= 4 is 11.5 Å². The van der Waals surface area contributed by atoms with Crippen LogP contribution in [0, 0.1) is 0 Å². The highest BCUT2D eigenvalue weighted by atomic mass is 16.5. The Balaban J connectivity index is 0.000000221. The molecule has 0 heterocycles. The molecule has 0 spiro atoms. The summed E-state index contributed by atoms with van der Waals surface area (Å²) in [6.07, 6.45) is 9.64. The molecule has 1 atom stereocenters. The number of methoxy groups -OCH3 is 2. The highest BCUT2D eigenvalue weighted by Gasteiger charge is 2.28. The Morgan fingerprint density at radius 3 is 2.00 bits per heavy atom. The van der Waals surface area contributed by atoms with E-state index >= 15 is 0 Å². The molecule has 0 radical (unpaired) electrons. The van der Waals surface area contributed by atoms with Crippen molar-refractivity contribution in [3.05, 3.63) is 109 Å². The van der Waals surface area contributed by atoms with Gasteiger partial charge in [-0.3, -0.25) is 4.79 Å². The van der Waals surface area contributed by atoms with Crippen molar-refractivity contribution in [2.24, 2.45) is 0 Å². The topological polar surface area (TPSA) is 47.6 Å². The average molecular weight is 484 g/mol. The van der Waals surface area contributed by atoms with Gasteiger partial charge in [-0.1, -0.05) is 104 Å². The lowest BCUT2D eigenvalue weighted by Crippen LogP contribution is -2.43. The van der Waals surface area contributed by atoms with Gasteiger partial charge in [0, 0.05) is 20.0 Å². The maximum absolute atomic E-state index is 11.8. The van der Waals surface area contributed by atoms with Gasteiger partial charge in [0.25, 0.3) is 0 Å². The number of carbonyl (C=O) groups excluding carboxylic acids is 1. The maximum Gasteiger partial charge on any atom is 0.220 e. The third kappa shape index (κ3) is 7.96. The van der Waals surface area contributed by atoms with E-state index in [1.165, 1.54) is 22.3 Å². The van der Waals surface area contributed by atoms with E-state index in [0.29, 0.717) is 13.0 Å². The van der Waals surface area contributed by atoms with Crippen LogP contribution in [0.3, 0.4) is 0 Å². The number of allylic oxidation sites excluding steroid dienone is 2. The number of nitrogens with one attached hydrogen (secondary N) is 1. The van der Waals surface area contributed by atoms with Crippen LogP contribution in [-0.2, 0) is 9.53 Å². The third-order valence-electron chi connectivity index (χ3n) is 6.29. The molecule has 0 aliphatic heterocycles. The van der Waals surface area contributed by atoms with Gasteiger partial charge in [0.05, 0.1) is 13.7 Å². The Morgan fingerprint density at radius 1 is 0.861 bits per heavy atom. The van der Waals surface area contributed by atoms with Gasteiger partial charge in [0.2, 0.25) is 5.91 Å². The summed E-state index contributed by atoms with van der Waals surface area (Å²) in [6.45, 7) is 2.60. The fourth-order valence-corrected chi connectivity index (χ4v) is 3.95. The zero-order valence-corrected chi connectivity index (χ0v) is 21.6. The van der Waals surface area contributed by atoms with Crippen molar-refractivity contribution in [3.8, 4) is 16.9 Å². The first-order valence-corrected chi connectivity index (χ1v) is 12.6. The molecule has 4 heteroatoms.